The highest BCUT2D eigenvalue weighted by Crippen LogP contribution is 2.30. The molecular weight excluding hydrogens is 459 g/mol. The molecule has 10 heteroatoms. The number of amides is 2. The van der Waals surface area contributed by atoms with E-state index in [0.717, 1.165) is 21.5 Å². The summed E-state index contributed by atoms with van der Waals surface area (Å²) in [5.41, 5.74) is 1.73. The van der Waals surface area contributed by atoms with Crippen molar-refractivity contribution in [2.24, 2.45) is 0 Å². The predicted octanol–water partition coefficient (Wildman–Crippen LogP) is 4.51. The molecule has 0 aliphatic rings. The van der Waals surface area contributed by atoms with Gasteiger partial charge in [0.1, 0.15) is 4.83 Å². The number of aromatic nitrogens is 2. The minimum absolute atomic E-state index is 0.205. The average Bonchev–Trinajstić information content (AvgIpc) is 3.46. The third-order valence-corrected chi connectivity index (χ3v) is 6.34. The maximum Gasteiger partial charge on any atom is 0.287 e. The van der Waals surface area contributed by atoms with Gasteiger partial charge in [-0.05, 0) is 42.8 Å². The van der Waals surface area contributed by atoms with Crippen LogP contribution in [0.5, 0.6) is 0 Å². The molecule has 2 amide bonds. The quantitative estimate of drug-likeness (QED) is 0.384. The Labute approximate surface area is 191 Å². The van der Waals surface area contributed by atoms with Gasteiger partial charge in [0, 0.05) is 28.5 Å². The van der Waals surface area contributed by atoms with Crippen LogP contribution in [0.2, 0.25) is 10.0 Å². The van der Waals surface area contributed by atoms with Gasteiger partial charge in [-0.15, -0.1) is 11.3 Å². The second-order valence-electron chi connectivity index (χ2n) is 6.80. The molecule has 0 spiro atoms. The van der Waals surface area contributed by atoms with Gasteiger partial charge in [0.2, 0.25) is 0 Å². The van der Waals surface area contributed by atoms with E-state index in [0.29, 0.717) is 28.0 Å². The topological polar surface area (TPSA) is 89.2 Å². The molecule has 0 bridgehead atoms. The first-order valence-electron chi connectivity index (χ1n) is 9.43. The van der Waals surface area contributed by atoms with Crippen molar-refractivity contribution in [1.29, 1.82) is 0 Å². The van der Waals surface area contributed by atoms with E-state index in [1.165, 1.54) is 17.6 Å². The number of carbonyl (C=O) groups excluding carboxylic acids is 2. The van der Waals surface area contributed by atoms with Crippen LogP contribution < -0.4 is 10.6 Å². The van der Waals surface area contributed by atoms with Crippen LogP contribution in [0.4, 0.5) is 0 Å². The van der Waals surface area contributed by atoms with E-state index in [9.17, 15) is 9.59 Å². The van der Waals surface area contributed by atoms with Crippen molar-refractivity contribution in [1.82, 2.24) is 20.4 Å². The molecule has 0 radical (unpaired) electrons. The molecule has 0 fully saturated rings. The summed E-state index contributed by atoms with van der Waals surface area (Å²) in [5.74, 6) is -0.293. The third kappa shape index (κ3) is 4.76. The van der Waals surface area contributed by atoms with Crippen molar-refractivity contribution >= 4 is 56.6 Å². The lowest BCUT2D eigenvalue weighted by molar-refractivity contribution is 0.0911. The van der Waals surface area contributed by atoms with Gasteiger partial charge in [0.05, 0.1) is 23.4 Å². The number of benzene rings is 1. The minimum atomic E-state index is -0.322. The predicted molar refractivity (Wildman–Crippen MR) is 121 cm³/mol. The first kappa shape index (κ1) is 21.4. The van der Waals surface area contributed by atoms with Crippen molar-refractivity contribution in [2.45, 2.75) is 13.5 Å². The Morgan fingerprint density at radius 1 is 1.13 bits per heavy atom. The molecule has 31 heavy (non-hydrogen) atoms. The number of halogens is 2. The summed E-state index contributed by atoms with van der Waals surface area (Å²) in [4.78, 5) is 25.9. The molecule has 160 valence electrons. The standard InChI is InChI=1S/C21H18Cl2N4O3S/c1-12-15-10-18(20(29)25-7-6-24-19(28)17-3-2-8-30-17)31-21(15)27(26-12)11-13-4-5-14(22)9-16(13)23/h2-5,8-10H,6-7,11H2,1H3,(H,24,28)(H,25,29). The molecule has 0 saturated heterocycles. The summed E-state index contributed by atoms with van der Waals surface area (Å²) in [5, 5.41) is 12.1. The monoisotopic (exact) mass is 476 g/mol. The number of nitrogens with one attached hydrogen (secondary N) is 2. The van der Waals surface area contributed by atoms with E-state index in [-0.39, 0.29) is 24.1 Å². The van der Waals surface area contributed by atoms with Gasteiger partial charge in [-0.25, -0.2) is 0 Å². The van der Waals surface area contributed by atoms with Crippen molar-refractivity contribution in [3.63, 3.8) is 0 Å². The molecule has 0 unspecified atom stereocenters. The van der Waals surface area contributed by atoms with Crippen LogP contribution in [0.1, 0.15) is 31.5 Å². The second-order valence-corrected chi connectivity index (χ2v) is 8.67. The summed E-state index contributed by atoms with van der Waals surface area (Å²) < 4.78 is 6.86. The van der Waals surface area contributed by atoms with E-state index < -0.39 is 0 Å². The number of rotatable bonds is 7. The minimum Gasteiger partial charge on any atom is -0.459 e. The number of carbonyl (C=O) groups is 2. The third-order valence-electron chi connectivity index (χ3n) is 4.61. The normalized spacial score (nSPS) is 11.1. The van der Waals surface area contributed by atoms with E-state index in [1.807, 2.05) is 23.7 Å². The van der Waals surface area contributed by atoms with Crippen LogP contribution in [-0.2, 0) is 6.54 Å². The molecule has 4 aromatic rings. The highest BCUT2D eigenvalue weighted by molar-refractivity contribution is 7.20. The zero-order chi connectivity index (χ0) is 22.0. The molecule has 0 atom stereocenters. The molecule has 1 aromatic carbocycles. The molecule has 3 heterocycles. The Kier molecular flexibility index (Phi) is 6.31. The first-order valence-corrected chi connectivity index (χ1v) is 11.0. The maximum absolute atomic E-state index is 12.6. The summed E-state index contributed by atoms with van der Waals surface area (Å²) >= 11 is 13.6. The molecule has 7 nitrogen and oxygen atoms in total. The van der Waals surface area contributed by atoms with Gasteiger partial charge in [-0.3, -0.25) is 14.3 Å². The molecule has 0 aliphatic carbocycles. The van der Waals surface area contributed by atoms with Gasteiger partial charge in [-0.1, -0.05) is 29.3 Å². The summed E-state index contributed by atoms with van der Waals surface area (Å²) in [6.45, 7) is 2.96. The largest absolute Gasteiger partial charge is 0.459 e. The Bertz CT molecular complexity index is 1250. The van der Waals surface area contributed by atoms with Crippen molar-refractivity contribution < 1.29 is 14.0 Å². The smallest absolute Gasteiger partial charge is 0.287 e. The fraction of sp³-hybridized carbons (Fsp3) is 0.190. The van der Waals surface area contributed by atoms with Gasteiger partial charge in [0.25, 0.3) is 11.8 Å². The second kappa shape index (κ2) is 9.13. The lowest BCUT2D eigenvalue weighted by Gasteiger charge is -2.06. The van der Waals surface area contributed by atoms with E-state index in [2.05, 4.69) is 15.7 Å². The van der Waals surface area contributed by atoms with E-state index >= 15 is 0 Å². The van der Waals surface area contributed by atoms with Crippen molar-refractivity contribution in [3.05, 3.63) is 74.6 Å². The lowest BCUT2D eigenvalue weighted by atomic mass is 10.2. The van der Waals surface area contributed by atoms with Crippen LogP contribution in [-0.4, -0.2) is 34.7 Å². The lowest BCUT2D eigenvalue weighted by Crippen LogP contribution is -2.34. The van der Waals surface area contributed by atoms with Gasteiger partial charge < -0.3 is 15.1 Å². The van der Waals surface area contributed by atoms with E-state index in [4.69, 9.17) is 27.6 Å². The average molecular weight is 477 g/mol. The number of nitrogens with zero attached hydrogens (tertiary/aromatic N) is 2. The molecular formula is C21H18Cl2N4O3S. The highest BCUT2D eigenvalue weighted by Gasteiger charge is 2.17. The van der Waals surface area contributed by atoms with Gasteiger partial charge in [-0.2, -0.15) is 5.10 Å². The first-order chi connectivity index (χ1) is 14.9. The number of fused-ring (bicyclic) bond motifs is 1. The van der Waals surface area contributed by atoms with Crippen molar-refractivity contribution in [2.75, 3.05) is 13.1 Å². The summed E-state index contributed by atoms with van der Waals surface area (Å²) in [6, 6.07) is 10.4. The Balaban J connectivity index is 1.41. The Morgan fingerprint density at radius 3 is 2.61 bits per heavy atom. The molecule has 0 aliphatic heterocycles. The van der Waals surface area contributed by atoms with Crippen LogP contribution in [0.25, 0.3) is 10.2 Å². The summed E-state index contributed by atoms with van der Waals surface area (Å²) in [6.07, 6.45) is 1.43. The number of furan rings is 1. The fourth-order valence-corrected chi connectivity index (χ4v) is 4.62. The number of aryl methyl sites for hydroxylation is 1. The van der Waals surface area contributed by atoms with Crippen LogP contribution in [0, 0.1) is 6.92 Å². The zero-order valence-corrected chi connectivity index (χ0v) is 18.8. The molecule has 0 saturated carbocycles. The van der Waals surface area contributed by atoms with Crippen LogP contribution in [0.15, 0.2) is 47.1 Å². The Morgan fingerprint density at radius 2 is 1.90 bits per heavy atom. The maximum atomic E-state index is 12.6. The summed E-state index contributed by atoms with van der Waals surface area (Å²) in [7, 11) is 0. The van der Waals surface area contributed by atoms with Gasteiger partial charge in [0.15, 0.2) is 5.76 Å². The van der Waals surface area contributed by atoms with Gasteiger partial charge >= 0.3 is 0 Å². The van der Waals surface area contributed by atoms with E-state index in [1.54, 1.807) is 24.3 Å². The molecule has 4 rings (SSSR count). The van der Waals surface area contributed by atoms with Crippen molar-refractivity contribution in [3.8, 4) is 0 Å². The number of hydrogen-bond donors (Lipinski definition) is 2. The number of thiophene rings is 1. The number of hydrogen-bond acceptors (Lipinski definition) is 5. The van der Waals surface area contributed by atoms with Crippen LogP contribution >= 0.6 is 34.5 Å². The molecule has 2 N–H and O–H groups in total. The molecule has 3 aromatic heterocycles. The Hall–Kier alpha value is -2.81. The fourth-order valence-electron chi connectivity index (χ4n) is 3.08. The highest BCUT2D eigenvalue weighted by atomic mass is 35.5. The zero-order valence-electron chi connectivity index (χ0n) is 16.4. The SMILES string of the molecule is Cc1nn(Cc2ccc(Cl)cc2Cl)c2sc(C(=O)NCCNC(=O)c3ccco3)cc12. The van der Waals surface area contributed by atoms with Crippen LogP contribution in [0.3, 0.4) is 0 Å².